The van der Waals surface area contributed by atoms with Crippen molar-refractivity contribution in [1.82, 2.24) is 0 Å². The molecular formula is C14H23NO2S. The molecule has 1 heterocycles. The molecule has 0 aliphatic rings. The van der Waals surface area contributed by atoms with E-state index in [1.54, 1.807) is 11.3 Å². The monoisotopic (exact) mass is 269 g/mol. The minimum Gasteiger partial charge on any atom is -0.466 e. The van der Waals surface area contributed by atoms with E-state index in [4.69, 9.17) is 10.5 Å². The molecule has 1 rings (SSSR count). The van der Waals surface area contributed by atoms with Gasteiger partial charge in [0.05, 0.1) is 6.61 Å². The van der Waals surface area contributed by atoms with Crippen LogP contribution in [0.4, 0.5) is 0 Å². The molecule has 2 N–H and O–H groups in total. The van der Waals surface area contributed by atoms with Gasteiger partial charge in [-0.1, -0.05) is 6.92 Å². The van der Waals surface area contributed by atoms with Gasteiger partial charge in [0.25, 0.3) is 0 Å². The van der Waals surface area contributed by atoms with Crippen LogP contribution in [0, 0.1) is 19.8 Å². The number of esters is 1. The Bertz CT molecular complexity index is 400. The number of hydrogen-bond acceptors (Lipinski definition) is 4. The minimum absolute atomic E-state index is 0.0133. The van der Waals surface area contributed by atoms with Gasteiger partial charge in [0.15, 0.2) is 0 Å². The average molecular weight is 269 g/mol. The molecule has 0 aliphatic carbocycles. The molecule has 0 spiro atoms. The summed E-state index contributed by atoms with van der Waals surface area (Å²) < 4.78 is 4.95. The molecule has 1 aromatic rings. The highest BCUT2D eigenvalue weighted by molar-refractivity contribution is 7.12. The van der Waals surface area contributed by atoms with Crippen LogP contribution < -0.4 is 5.73 Å². The first kappa shape index (κ1) is 15.2. The lowest BCUT2D eigenvalue weighted by atomic mass is 9.94. The molecule has 0 bridgehead atoms. The molecule has 0 saturated carbocycles. The lowest BCUT2D eigenvalue weighted by Gasteiger charge is -2.16. The number of nitrogens with two attached hydrogens (primary N) is 1. The van der Waals surface area contributed by atoms with E-state index < -0.39 is 0 Å². The summed E-state index contributed by atoms with van der Waals surface area (Å²) in [6.07, 6.45) is 1.26. The molecule has 0 radical (unpaired) electrons. The Morgan fingerprint density at radius 2 is 2.17 bits per heavy atom. The van der Waals surface area contributed by atoms with Gasteiger partial charge >= 0.3 is 5.97 Å². The molecule has 4 heteroatoms. The maximum atomic E-state index is 11.4. The fraction of sp³-hybridized carbons (Fsp3) is 0.643. The third-order valence-corrected chi connectivity index (χ3v) is 3.94. The standard InChI is InChI=1S/C14H23NO2S/c1-5-17-14(16)7-9(2)6-13(15)12-8-10(3)18-11(12)4/h8-9,13H,5-7,15H2,1-4H3. The van der Waals surface area contributed by atoms with Crippen LogP contribution in [0.15, 0.2) is 6.07 Å². The minimum atomic E-state index is -0.129. The van der Waals surface area contributed by atoms with E-state index in [-0.39, 0.29) is 17.9 Å². The molecule has 0 aromatic carbocycles. The second-order valence-electron chi connectivity index (χ2n) is 4.83. The fourth-order valence-corrected chi connectivity index (χ4v) is 3.16. The highest BCUT2D eigenvalue weighted by Crippen LogP contribution is 2.29. The number of carbonyl (C=O) groups excluding carboxylic acids is 1. The van der Waals surface area contributed by atoms with Crippen LogP contribution in [0.3, 0.4) is 0 Å². The Morgan fingerprint density at radius 1 is 1.50 bits per heavy atom. The van der Waals surface area contributed by atoms with Crippen LogP contribution in [-0.2, 0) is 9.53 Å². The van der Waals surface area contributed by atoms with Crippen LogP contribution in [0.1, 0.15) is 48.0 Å². The normalized spacial score (nSPS) is 14.3. The zero-order valence-electron chi connectivity index (χ0n) is 11.7. The van der Waals surface area contributed by atoms with Crippen molar-refractivity contribution in [2.45, 2.75) is 46.6 Å². The maximum Gasteiger partial charge on any atom is 0.306 e. The fourth-order valence-electron chi connectivity index (χ4n) is 2.17. The first-order chi connectivity index (χ1) is 8.43. The van der Waals surface area contributed by atoms with Crippen molar-refractivity contribution in [3.8, 4) is 0 Å². The van der Waals surface area contributed by atoms with E-state index in [1.165, 1.54) is 15.3 Å². The first-order valence-electron chi connectivity index (χ1n) is 6.42. The summed E-state index contributed by atoms with van der Waals surface area (Å²) in [7, 11) is 0. The topological polar surface area (TPSA) is 52.3 Å². The smallest absolute Gasteiger partial charge is 0.306 e. The molecule has 2 unspecified atom stereocenters. The Hall–Kier alpha value is -0.870. The molecule has 102 valence electrons. The van der Waals surface area contributed by atoms with E-state index in [1.807, 2.05) is 13.8 Å². The third kappa shape index (κ3) is 4.42. The van der Waals surface area contributed by atoms with Gasteiger partial charge in [0.2, 0.25) is 0 Å². The SMILES string of the molecule is CCOC(=O)CC(C)CC(N)c1cc(C)sc1C. The number of thiophene rings is 1. The van der Waals surface area contributed by atoms with E-state index >= 15 is 0 Å². The van der Waals surface area contributed by atoms with Gasteiger partial charge in [0, 0.05) is 22.2 Å². The van der Waals surface area contributed by atoms with Crippen molar-refractivity contribution in [1.29, 1.82) is 0 Å². The van der Waals surface area contributed by atoms with Gasteiger partial charge in [-0.15, -0.1) is 11.3 Å². The van der Waals surface area contributed by atoms with E-state index in [9.17, 15) is 4.79 Å². The van der Waals surface area contributed by atoms with Crippen LogP contribution in [0.2, 0.25) is 0 Å². The molecule has 0 amide bonds. The number of hydrogen-bond donors (Lipinski definition) is 1. The predicted molar refractivity (Wildman–Crippen MR) is 75.8 cm³/mol. The average Bonchev–Trinajstić information content (AvgIpc) is 2.57. The number of aryl methyl sites for hydroxylation is 2. The lowest BCUT2D eigenvalue weighted by Crippen LogP contribution is -2.17. The number of ether oxygens (including phenoxy) is 1. The van der Waals surface area contributed by atoms with E-state index in [2.05, 4.69) is 19.9 Å². The van der Waals surface area contributed by atoms with Gasteiger partial charge in [-0.05, 0) is 44.7 Å². The molecular weight excluding hydrogens is 246 g/mol. The third-order valence-electron chi connectivity index (χ3n) is 2.96. The summed E-state index contributed by atoms with van der Waals surface area (Å²) in [5, 5.41) is 0. The van der Waals surface area contributed by atoms with Gasteiger partial charge < -0.3 is 10.5 Å². The molecule has 1 aromatic heterocycles. The Morgan fingerprint density at radius 3 is 2.67 bits per heavy atom. The molecule has 0 fully saturated rings. The van der Waals surface area contributed by atoms with Crippen LogP contribution >= 0.6 is 11.3 Å². The van der Waals surface area contributed by atoms with Crippen molar-refractivity contribution < 1.29 is 9.53 Å². The summed E-state index contributed by atoms with van der Waals surface area (Å²) in [6.45, 7) is 8.51. The zero-order chi connectivity index (χ0) is 13.7. The van der Waals surface area contributed by atoms with E-state index in [0.717, 1.165) is 6.42 Å². The molecule has 3 nitrogen and oxygen atoms in total. The highest BCUT2D eigenvalue weighted by Gasteiger charge is 2.17. The Balaban J connectivity index is 2.51. The van der Waals surface area contributed by atoms with Crippen molar-refractivity contribution in [3.05, 3.63) is 21.4 Å². The predicted octanol–water partition coefficient (Wildman–Crippen LogP) is 3.34. The van der Waals surface area contributed by atoms with Gasteiger partial charge in [-0.25, -0.2) is 0 Å². The van der Waals surface area contributed by atoms with Crippen LogP contribution in [0.5, 0.6) is 0 Å². The zero-order valence-corrected chi connectivity index (χ0v) is 12.5. The summed E-state index contributed by atoms with van der Waals surface area (Å²) in [6, 6.07) is 2.17. The van der Waals surface area contributed by atoms with Crippen LogP contribution in [0.25, 0.3) is 0 Å². The molecule has 0 aliphatic heterocycles. The van der Waals surface area contributed by atoms with Crippen molar-refractivity contribution in [2.75, 3.05) is 6.61 Å². The quantitative estimate of drug-likeness (QED) is 0.806. The van der Waals surface area contributed by atoms with Crippen LogP contribution in [-0.4, -0.2) is 12.6 Å². The van der Waals surface area contributed by atoms with Gasteiger partial charge in [-0.2, -0.15) is 0 Å². The summed E-state index contributed by atoms with van der Waals surface area (Å²) in [4.78, 5) is 14.0. The molecule has 18 heavy (non-hydrogen) atoms. The number of rotatable bonds is 6. The highest BCUT2D eigenvalue weighted by atomic mass is 32.1. The van der Waals surface area contributed by atoms with Crippen molar-refractivity contribution >= 4 is 17.3 Å². The summed E-state index contributed by atoms with van der Waals surface area (Å²) >= 11 is 1.78. The van der Waals surface area contributed by atoms with Gasteiger partial charge in [0.1, 0.15) is 0 Å². The lowest BCUT2D eigenvalue weighted by molar-refractivity contribution is -0.144. The largest absolute Gasteiger partial charge is 0.466 e. The molecule has 2 atom stereocenters. The summed E-state index contributed by atoms with van der Waals surface area (Å²) in [5.41, 5.74) is 7.43. The summed E-state index contributed by atoms with van der Waals surface area (Å²) in [5.74, 6) is 0.120. The van der Waals surface area contributed by atoms with Crippen molar-refractivity contribution in [3.63, 3.8) is 0 Å². The second kappa shape index (κ2) is 6.90. The maximum absolute atomic E-state index is 11.4. The Kier molecular flexibility index (Phi) is 5.82. The Labute approximate surface area is 113 Å². The van der Waals surface area contributed by atoms with Gasteiger partial charge in [-0.3, -0.25) is 4.79 Å². The van der Waals surface area contributed by atoms with Crippen molar-refractivity contribution in [2.24, 2.45) is 11.7 Å². The van der Waals surface area contributed by atoms with E-state index in [0.29, 0.717) is 13.0 Å². The molecule has 0 saturated heterocycles. The first-order valence-corrected chi connectivity index (χ1v) is 7.23. The number of carbonyl (C=O) groups is 1. The second-order valence-corrected chi connectivity index (χ2v) is 6.29.